The van der Waals surface area contributed by atoms with Gasteiger partial charge in [-0.15, -0.1) is 0 Å². The van der Waals surface area contributed by atoms with Crippen LogP contribution >= 0.6 is 0 Å². The molecule has 0 atom stereocenters. The first-order valence-electron chi connectivity index (χ1n) is 6.44. The first-order chi connectivity index (χ1) is 9.25. The molecule has 20 heavy (non-hydrogen) atoms. The van der Waals surface area contributed by atoms with E-state index < -0.39 is 15.9 Å². The van der Waals surface area contributed by atoms with Crippen LogP contribution < -0.4 is 0 Å². The quantitative estimate of drug-likeness (QED) is 0.801. The fourth-order valence-electron chi connectivity index (χ4n) is 2.18. The van der Waals surface area contributed by atoms with Crippen molar-refractivity contribution in [2.75, 3.05) is 20.3 Å². The van der Waals surface area contributed by atoms with Crippen molar-refractivity contribution in [1.82, 2.24) is 0 Å². The van der Waals surface area contributed by atoms with Crippen molar-refractivity contribution in [2.24, 2.45) is 0 Å². The minimum absolute atomic E-state index is 0.122. The first kappa shape index (κ1) is 15.4. The van der Waals surface area contributed by atoms with Gasteiger partial charge in [-0.3, -0.25) is 4.18 Å². The molecule has 1 heterocycles. The van der Waals surface area contributed by atoms with Gasteiger partial charge in [0, 0.05) is 5.92 Å². The van der Waals surface area contributed by atoms with Crippen LogP contribution in [-0.4, -0.2) is 34.5 Å². The van der Waals surface area contributed by atoms with Gasteiger partial charge in [-0.25, -0.2) is 0 Å². The van der Waals surface area contributed by atoms with Gasteiger partial charge >= 0.3 is 0 Å². The van der Waals surface area contributed by atoms with Crippen molar-refractivity contribution in [3.8, 4) is 0 Å². The monoisotopic (exact) mass is 300 g/mol. The summed E-state index contributed by atoms with van der Waals surface area (Å²) in [7, 11) is -2.57. The first-order valence-corrected chi connectivity index (χ1v) is 7.85. The molecule has 0 saturated carbocycles. The van der Waals surface area contributed by atoms with Crippen molar-refractivity contribution < 1.29 is 22.1 Å². The van der Waals surface area contributed by atoms with E-state index in [4.69, 9.17) is 9.47 Å². The van der Waals surface area contributed by atoms with Crippen molar-refractivity contribution >= 4 is 10.1 Å². The van der Waals surface area contributed by atoms with E-state index in [-0.39, 0.29) is 10.8 Å². The Hall–Kier alpha value is -0.950. The lowest BCUT2D eigenvalue weighted by molar-refractivity contribution is -0.251. The van der Waals surface area contributed by atoms with Gasteiger partial charge in [-0.2, -0.15) is 8.42 Å². The van der Waals surface area contributed by atoms with Crippen LogP contribution in [0.15, 0.2) is 23.1 Å². The average Bonchev–Trinajstić information content (AvgIpc) is 2.38. The molecule has 0 spiro atoms. The Kier molecular flexibility index (Phi) is 4.20. The Morgan fingerprint density at radius 3 is 2.40 bits per heavy atom. The maximum absolute atomic E-state index is 12.0. The second-order valence-corrected chi connectivity index (χ2v) is 7.06. The molecule has 6 heteroatoms. The van der Waals surface area contributed by atoms with Crippen molar-refractivity contribution in [2.45, 2.75) is 37.4 Å². The SMILES string of the molecule is COS(=O)(=O)c1ccc(C)cc1C1COC(C)(C)OC1. The van der Waals surface area contributed by atoms with Crippen molar-refractivity contribution in [3.05, 3.63) is 29.3 Å². The molecule has 5 nitrogen and oxygen atoms in total. The Balaban J connectivity index is 2.39. The Labute approximate surface area is 120 Å². The van der Waals surface area contributed by atoms with Crippen LogP contribution in [0.2, 0.25) is 0 Å². The summed E-state index contributed by atoms with van der Waals surface area (Å²) in [6.07, 6.45) is 0. The molecule has 1 saturated heterocycles. The van der Waals surface area contributed by atoms with Crippen molar-refractivity contribution in [1.29, 1.82) is 0 Å². The van der Waals surface area contributed by atoms with Gasteiger partial charge in [0.15, 0.2) is 5.79 Å². The second-order valence-electron chi connectivity index (χ2n) is 5.38. The third-order valence-corrected chi connectivity index (χ3v) is 4.71. The van der Waals surface area contributed by atoms with Crippen LogP contribution in [-0.2, 0) is 23.8 Å². The number of ether oxygens (including phenoxy) is 2. The summed E-state index contributed by atoms with van der Waals surface area (Å²) >= 11 is 0. The van der Waals surface area contributed by atoms with Crippen LogP contribution in [0.5, 0.6) is 0 Å². The normalized spacial score (nSPS) is 20.0. The van der Waals surface area contributed by atoms with E-state index in [9.17, 15) is 8.42 Å². The molecular weight excluding hydrogens is 280 g/mol. The maximum Gasteiger partial charge on any atom is 0.296 e. The molecule has 0 bridgehead atoms. The summed E-state index contributed by atoms with van der Waals surface area (Å²) in [4.78, 5) is 0.183. The highest BCUT2D eigenvalue weighted by Gasteiger charge is 2.32. The molecule has 1 aromatic carbocycles. The summed E-state index contributed by atoms with van der Waals surface area (Å²) in [6.45, 7) is 6.44. The molecule has 2 rings (SSSR count). The summed E-state index contributed by atoms with van der Waals surface area (Å²) in [5.41, 5.74) is 1.67. The van der Waals surface area contributed by atoms with E-state index in [1.807, 2.05) is 26.8 Å². The van der Waals surface area contributed by atoms with Crippen LogP contribution in [0.1, 0.15) is 30.9 Å². The summed E-state index contributed by atoms with van der Waals surface area (Å²) in [6, 6.07) is 5.18. The van der Waals surface area contributed by atoms with E-state index in [2.05, 4.69) is 4.18 Å². The number of benzene rings is 1. The lowest BCUT2D eigenvalue weighted by atomic mass is 9.98. The Morgan fingerprint density at radius 1 is 1.25 bits per heavy atom. The molecule has 0 radical (unpaired) electrons. The van der Waals surface area contributed by atoms with Gasteiger partial charge in [0.1, 0.15) is 0 Å². The van der Waals surface area contributed by atoms with E-state index in [0.29, 0.717) is 18.8 Å². The Morgan fingerprint density at radius 2 is 1.85 bits per heavy atom. The van der Waals surface area contributed by atoms with Crippen LogP contribution in [0.25, 0.3) is 0 Å². The molecule has 0 aromatic heterocycles. The second kappa shape index (κ2) is 5.44. The Bertz CT molecular complexity index is 582. The average molecular weight is 300 g/mol. The number of aryl methyl sites for hydroxylation is 1. The molecule has 1 aromatic rings. The molecule has 0 unspecified atom stereocenters. The third-order valence-electron chi connectivity index (χ3n) is 3.36. The molecular formula is C14H20O5S. The standard InChI is InChI=1S/C14H20O5S/c1-10-5-6-13(20(15,16)17-4)12(7-10)11-8-18-14(2,3)19-9-11/h5-7,11H,8-9H2,1-4H3. The van der Waals surface area contributed by atoms with Gasteiger partial charge in [-0.05, 0) is 32.4 Å². The molecule has 0 amide bonds. The summed E-state index contributed by atoms with van der Waals surface area (Å²) < 4.78 is 39.9. The van der Waals surface area contributed by atoms with E-state index in [0.717, 1.165) is 12.7 Å². The minimum atomic E-state index is -3.73. The maximum atomic E-state index is 12.0. The molecule has 1 aliphatic heterocycles. The van der Waals surface area contributed by atoms with Gasteiger partial charge in [-0.1, -0.05) is 17.7 Å². The van der Waals surface area contributed by atoms with E-state index >= 15 is 0 Å². The minimum Gasteiger partial charge on any atom is -0.350 e. The van der Waals surface area contributed by atoms with Crippen LogP contribution in [0.4, 0.5) is 0 Å². The topological polar surface area (TPSA) is 61.8 Å². The zero-order valence-corrected chi connectivity index (χ0v) is 13.0. The zero-order chi connectivity index (χ0) is 15.0. The van der Waals surface area contributed by atoms with Crippen LogP contribution in [0.3, 0.4) is 0 Å². The highest BCUT2D eigenvalue weighted by atomic mass is 32.2. The molecule has 1 fully saturated rings. The van der Waals surface area contributed by atoms with Gasteiger partial charge < -0.3 is 9.47 Å². The van der Waals surface area contributed by atoms with Gasteiger partial charge in [0.25, 0.3) is 10.1 Å². The van der Waals surface area contributed by atoms with Gasteiger partial charge in [0.2, 0.25) is 0 Å². The zero-order valence-electron chi connectivity index (χ0n) is 12.2. The van der Waals surface area contributed by atoms with E-state index in [1.54, 1.807) is 12.1 Å². The fraction of sp³-hybridized carbons (Fsp3) is 0.571. The smallest absolute Gasteiger partial charge is 0.296 e. The molecule has 112 valence electrons. The molecule has 0 N–H and O–H groups in total. The third kappa shape index (κ3) is 3.20. The predicted molar refractivity (Wildman–Crippen MR) is 74.1 cm³/mol. The lowest BCUT2D eigenvalue weighted by Crippen LogP contribution is -2.38. The highest BCUT2D eigenvalue weighted by molar-refractivity contribution is 7.86. The summed E-state index contributed by atoms with van der Waals surface area (Å²) in [5.74, 6) is -0.747. The lowest BCUT2D eigenvalue weighted by Gasteiger charge is -2.35. The van der Waals surface area contributed by atoms with E-state index in [1.165, 1.54) is 0 Å². The largest absolute Gasteiger partial charge is 0.350 e. The number of hydrogen-bond donors (Lipinski definition) is 0. The predicted octanol–water partition coefficient (Wildman–Crippen LogP) is 2.20. The van der Waals surface area contributed by atoms with Crippen LogP contribution in [0, 0.1) is 6.92 Å². The molecule has 1 aliphatic rings. The number of hydrogen-bond acceptors (Lipinski definition) is 5. The molecule has 0 aliphatic carbocycles. The fourth-order valence-corrected chi connectivity index (χ4v) is 3.10. The van der Waals surface area contributed by atoms with Crippen molar-refractivity contribution in [3.63, 3.8) is 0 Å². The number of rotatable bonds is 3. The van der Waals surface area contributed by atoms with Gasteiger partial charge in [0.05, 0.1) is 25.2 Å². The summed E-state index contributed by atoms with van der Waals surface area (Å²) in [5, 5.41) is 0. The highest BCUT2D eigenvalue weighted by Crippen LogP contribution is 2.32.